The number of halogens is 2. The van der Waals surface area contributed by atoms with Crippen molar-refractivity contribution in [1.29, 1.82) is 0 Å². The fourth-order valence-corrected chi connectivity index (χ4v) is 3.52. The number of likely N-dealkylation sites (tertiary alicyclic amines) is 1. The van der Waals surface area contributed by atoms with E-state index in [2.05, 4.69) is 4.90 Å². The average molecular weight is 341 g/mol. The number of carbonyl (C=O) groups excluding carboxylic acids is 1. The highest BCUT2D eigenvalue weighted by Crippen LogP contribution is 2.21. The maximum absolute atomic E-state index is 13.2. The summed E-state index contributed by atoms with van der Waals surface area (Å²) in [6.07, 6.45) is 3.31. The van der Waals surface area contributed by atoms with Crippen LogP contribution in [0.3, 0.4) is 0 Å². The van der Waals surface area contributed by atoms with E-state index in [0.29, 0.717) is 25.3 Å². The normalized spacial score (nSPS) is 23.0. The molecule has 6 heteroatoms. The summed E-state index contributed by atoms with van der Waals surface area (Å²) < 4.78 is 19.1. The van der Waals surface area contributed by atoms with E-state index in [1.54, 1.807) is 4.90 Å². The van der Waals surface area contributed by atoms with E-state index in [9.17, 15) is 9.18 Å². The Labute approximate surface area is 141 Å². The number of carbonyl (C=O) groups is 1. The molecule has 2 saturated heterocycles. The first-order chi connectivity index (χ1) is 11.1. The highest BCUT2D eigenvalue weighted by Gasteiger charge is 2.27. The predicted molar refractivity (Wildman–Crippen MR) is 87.3 cm³/mol. The minimum atomic E-state index is -0.433. The fourth-order valence-electron chi connectivity index (χ4n) is 3.28. The van der Waals surface area contributed by atoms with Crippen LogP contribution in [0.15, 0.2) is 18.2 Å². The number of benzene rings is 1. The van der Waals surface area contributed by atoms with Gasteiger partial charge in [-0.3, -0.25) is 4.79 Å². The van der Waals surface area contributed by atoms with Gasteiger partial charge in [-0.1, -0.05) is 11.6 Å². The summed E-state index contributed by atoms with van der Waals surface area (Å²) >= 11 is 6.03. The largest absolute Gasteiger partial charge is 0.375 e. The molecule has 0 aliphatic carbocycles. The predicted octanol–water partition coefficient (Wildman–Crippen LogP) is 2.81. The molecule has 0 aromatic heterocycles. The summed E-state index contributed by atoms with van der Waals surface area (Å²) in [5.41, 5.74) is 0.356. The van der Waals surface area contributed by atoms with E-state index < -0.39 is 5.82 Å². The van der Waals surface area contributed by atoms with E-state index in [1.807, 2.05) is 0 Å². The zero-order valence-electron chi connectivity index (χ0n) is 13.1. The molecule has 1 aromatic rings. The number of rotatable bonds is 3. The maximum atomic E-state index is 13.2. The van der Waals surface area contributed by atoms with Crippen molar-refractivity contribution >= 4 is 17.5 Å². The van der Waals surface area contributed by atoms with E-state index in [0.717, 1.165) is 26.1 Å². The zero-order chi connectivity index (χ0) is 16.2. The molecule has 1 aromatic carbocycles. The van der Waals surface area contributed by atoms with Gasteiger partial charge in [-0.15, -0.1) is 0 Å². The molecule has 0 saturated carbocycles. The Morgan fingerprint density at radius 2 is 2.04 bits per heavy atom. The molecule has 126 valence electrons. The second kappa shape index (κ2) is 7.60. The lowest BCUT2D eigenvalue weighted by molar-refractivity contribution is 0.0297. The van der Waals surface area contributed by atoms with Gasteiger partial charge in [0.05, 0.1) is 16.7 Å². The highest BCUT2D eigenvalue weighted by molar-refractivity contribution is 6.33. The minimum Gasteiger partial charge on any atom is -0.375 e. The van der Waals surface area contributed by atoms with Crippen molar-refractivity contribution in [1.82, 2.24) is 9.80 Å². The fraction of sp³-hybridized carbons (Fsp3) is 0.588. The molecule has 0 N–H and O–H groups in total. The molecule has 3 rings (SSSR count). The molecule has 2 aliphatic heterocycles. The lowest BCUT2D eigenvalue weighted by Gasteiger charge is -2.27. The molecule has 1 amide bonds. The third-order valence-corrected chi connectivity index (χ3v) is 4.77. The maximum Gasteiger partial charge on any atom is 0.255 e. The first kappa shape index (κ1) is 16.7. The topological polar surface area (TPSA) is 32.8 Å². The van der Waals surface area contributed by atoms with Gasteiger partial charge in [0.25, 0.3) is 5.91 Å². The zero-order valence-corrected chi connectivity index (χ0v) is 13.9. The van der Waals surface area contributed by atoms with Crippen molar-refractivity contribution in [3.8, 4) is 0 Å². The molecular weight excluding hydrogens is 319 g/mol. The number of ether oxygens (including phenoxy) is 1. The van der Waals surface area contributed by atoms with Crippen LogP contribution in [0.25, 0.3) is 0 Å². The van der Waals surface area contributed by atoms with Crippen molar-refractivity contribution in [2.45, 2.75) is 25.4 Å². The molecule has 2 fully saturated rings. The SMILES string of the molecule is O=C(c1ccc(F)cc1Cl)N1CCCOC(CN2CCCC2)C1. The molecule has 2 aliphatic rings. The third-order valence-electron chi connectivity index (χ3n) is 4.46. The Balaban J connectivity index is 1.68. The molecule has 1 atom stereocenters. The van der Waals surface area contributed by atoms with Crippen LogP contribution in [-0.4, -0.2) is 61.1 Å². The van der Waals surface area contributed by atoms with Crippen LogP contribution in [-0.2, 0) is 4.74 Å². The number of hydrogen-bond donors (Lipinski definition) is 0. The van der Waals surface area contributed by atoms with Crippen LogP contribution >= 0.6 is 11.6 Å². The van der Waals surface area contributed by atoms with Crippen LogP contribution in [0.2, 0.25) is 5.02 Å². The van der Waals surface area contributed by atoms with Gasteiger partial charge in [-0.2, -0.15) is 0 Å². The quantitative estimate of drug-likeness (QED) is 0.848. The minimum absolute atomic E-state index is 0.0266. The van der Waals surface area contributed by atoms with Gasteiger partial charge in [-0.25, -0.2) is 4.39 Å². The summed E-state index contributed by atoms with van der Waals surface area (Å²) in [6, 6.07) is 3.92. The van der Waals surface area contributed by atoms with Crippen molar-refractivity contribution in [3.63, 3.8) is 0 Å². The van der Waals surface area contributed by atoms with Gasteiger partial charge in [0, 0.05) is 26.2 Å². The Hall–Kier alpha value is -1.17. The molecule has 0 spiro atoms. The van der Waals surface area contributed by atoms with Crippen LogP contribution < -0.4 is 0 Å². The van der Waals surface area contributed by atoms with E-state index >= 15 is 0 Å². The number of nitrogens with zero attached hydrogens (tertiary/aromatic N) is 2. The van der Waals surface area contributed by atoms with Gasteiger partial charge >= 0.3 is 0 Å². The number of hydrogen-bond acceptors (Lipinski definition) is 3. The van der Waals surface area contributed by atoms with Crippen molar-refractivity contribution < 1.29 is 13.9 Å². The molecule has 0 radical (unpaired) electrons. The van der Waals surface area contributed by atoms with Crippen LogP contribution in [0.1, 0.15) is 29.6 Å². The summed E-state index contributed by atoms with van der Waals surface area (Å²) in [5, 5.41) is 0.163. The van der Waals surface area contributed by atoms with Crippen molar-refractivity contribution in [2.75, 3.05) is 39.3 Å². The molecule has 23 heavy (non-hydrogen) atoms. The van der Waals surface area contributed by atoms with Gasteiger partial charge < -0.3 is 14.5 Å². The first-order valence-corrected chi connectivity index (χ1v) is 8.59. The molecule has 4 nitrogen and oxygen atoms in total. The second-order valence-corrected chi connectivity index (χ2v) is 6.64. The van der Waals surface area contributed by atoms with Gasteiger partial charge in [0.2, 0.25) is 0 Å². The van der Waals surface area contributed by atoms with Gasteiger partial charge in [0.15, 0.2) is 0 Å². The molecule has 1 unspecified atom stereocenters. The summed E-state index contributed by atoms with van der Waals surface area (Å²) in [7, 11) is 0. The van der Waals surface area contributed by atoms with E-state index in [4.69, 9.17) is 16.3 Å². The van der Waals surface area contributed by atoms with Gasteiger partial charge in [0.1, 0.15) is 5.82 Å². The average Bonchev–Trinajstić information content (AvgIpc) is 2.91. The molecular formula is C17H22ClFN2O2. The summed E-state index contributed by atoms with van der Waals surface area (Å²) in [6.45, 7) is 4.95. The Morgan fingerprint density at radius 3 is 2.78 bits per heavy atom. The van der Waals surface area contributed by atoms with Crippen molar-refractivity contribution in [3.05, 3.63) is 34.6 Å². The number of amides is 1. The smallest absolute Gasteiger partial charge is 0.255 e. The first-order valence-electron chi connectivity index (χ1n) is 8.22. The molecule has 2 heterocycles. The van der Waals surface area contributed by atoms with Crippen LogP contribution in [0, 0.1) is 5.82 Å². The van der Waals surface area contributed by atoms with Crippen LogP contribution in [0.5, 0.6) is 0 Å². The third kappa shape index (κ3) is 4.22. The highest BCUT2D eigenvalue weighted by atomic mass is 35.5. The Bertz CT molecular complexity index is 564. The molecule has 0 bridgehead atoms. The monoisotopic (exact) mass is 340 g/mol. The lowest BCUT2D eigenvalue weighted by atomic mass is 10.1. The van der Waals surface area contributed by atoms with Crippen molar-refractivity contribution in [2.24, 2.45) is 0 Å². The Morgan fingerprint density at radius 1 is 1.26 bits per heavy atom. The standard InChI is InChI=1S/C17H22ClFN2O2/c18-16-10-13(19)4-5-15(16)17(22)21-8-3-9-23-14(12-21)11-20-6-1-2-7-20/h4-5,10,14H,1-3,6-9,11-12H2. The summed E-state index contributed by atoms with van der Waals surface area (Å²) in [4.78, 5) is 16.9. The van der Waals surface area contributed by atoms with Crippen LogP contribution in [0.4, 0.5) is 4.39 Å². The summed E-state index contributed by atoms with van der Waals surface area (Å²) in [5.74, 6) is -0.579. The lowest BCUT2D eigenvalue weighted by Crippen LogP contribution is -2.42. The van der Waals surface area contributed by atoms with E-state index in [-0.39, 0.29) is 17.0 Å². The Kier molecular flexibility index (Phi) is 5.51. The second-order valence-electron chi connectivity index (χ2n) is 6.23. The van der Waals surface area contributed by atoms with Gasteiger partial charge in [-0.05, 0) is 50.6 Å². The van der Waals surface area contributed by atoms with E-state index in [1.165, 1.54) is 31.0 Å².